The maximum atomic E-state index is 12.6. The fourth-order valence-electron chi connectivity index (χ4n) is 3.48. The van der Waals surface area contributed by atoms with Gasteiger partial charge in [-0.2, -0.15) is 0 Å². The number of hydrogen-bond donors (Lipinski definition) is 2. The van der Waals surface area contributed by atoms with Crippen molar-refractivity contribution in [1.29, 1.82) is 0 Å². The van der Waals surface area contributed by atoms with E-state index in [1.807, 2.05) is 69.4 Å². The number of aliphatic hydroxyl groups excluding tert-OH is 1. The van der Waals surface area contributed by atoms with Crippen molar-refractivity contribution >= 4 is 10.8 Å². The maximum Gasteiger partial charge on any atom is 0.268 e. The lowest BCUT2D eigenvalue weighted by atomic mass is 10.1. The molecule has 0 saturated carbocycles. The average molecular weight is 500 g/mol. The van der Waals surface area contributed by atoms with Crippen LogP contribution in [0.25, 0.3) is 34.3 Å². The molecule has 2 atom stereocenters. The zero-order chi connectivity index (χ0) is 24.1. The largest absolute Gasteiger partial charge is 0.415 e. The molecule has 0 spiro atoms. The van der Waals surface area contributed by atoms with Crippen molar-refractivity contribution in [3.05, 3.63) is 66.0 Å². The van der Waals surface area contributed by atoms with E-state index < -0.39 is 10.8 Å². The van der Waals surface area contributed by atoms with E-state index in [-0.39, 0.29) is 20.2 Å². The summed E-state index contributed by atoms with van der Waals surface area (Å²) in [4.78, 5) is 9.91. The molecule has 188 valence electrons. The second kappa shape index (κ2) is 11.9. The summed E-state index contributed by atoms with van der Waals surface area (Å²) in [7, 11) is 0.726. The lowest BCUT2D eigenvalue weighted by Gasteiger charge is -2.10. The highest BCUT2D eigenvalue weighted by Crippen LogP contribution is 2.27. The molecule has 4 aromatic rings. The Morgan fingerprint density at radius 3 is 2.37 bits per heavy atom. The number of aromatic nitrogens is 4. The van der Waals surface area contributed by atoms with Gasteiger partial charge in [-0.05, 0) is 50.2 Å². The molecule has 2 heterocycles. The van der Waals surface area contributed by atoms with Gasteiger partial charge in [0.05, 0.1) is 28.4 Å². The van der Waals surface area contributed by atoms with Crippen molar-refractivity contribution in [1.82, 2.24) is 25.5 Å². The molecule has 2 aromatic heterocycles. The van der Waals surface area contributed by atoms with E-state index >= 15 is 0 Å². The van der Waals surface area contributed by atoms with Crippen molar-refractivity contribution in [3.63, 3.8) is 0 Å². The highest BCUT2D eigenvalue weighted by Gasteiger charge is 2.17. The Bertz CT molecular complexity index is 1290. The van der Waals surface area contributed by atoms with Crippen LogP contribution in [0.2, 0.25) is 0 Å². The van der Waals surface area contributed by atoms with Gasteiger partial charge >= 0.3 is 0 Å². The number of nitrogens with one attached hydrogen (secondary N) is 1. The third kappa shape index (κ3) is 6.04. The van der Waals surface area contributed by atoms with E-state index in [1.165, 1.54) is 0 Å². The summed E-state index contributed by atoms with van der Waals surface area (Å²) in [5, 5.41) is 20.5. The van der Waals surface area contributed by atoms with Crippen LogP contribution >= 0.6 is 0 Å². The Morgan fingerprint density at radius 2 is 1.71 bits per heavy atom. The van der Waals surface area contributed by atoms with Gasteiger partial charge in [0.2, 0.25) is 5.89 Å². The molecular weight excluding hydrogens is 466 g/mol. The molecule has 2 aromatic carbocycles. The van der Waals surface area contributed by atoms with Gasteiger partial charge in [0.15, 0.2) is 0 Å². The Hall–Kier alpha value is -3.31. The molecule has 4 N–H and O–H groups in total. The molecule has 0 radical (unpaired) electrons. The number of rotatable bonds is 9. The summed E-state index contributed by atoms with van der Waals surface area (Å²) in [6, 6.07) is 15.3. The van der Waals surface area contributed by atoms with E-state index in [2.05, 4.69) is 20.5 Å². The number of nitrogens with zero attached hydrogens (tertiary/aromatic N) is 4. The molecule has 0 aliphatic carbocycles. The van der Waals surface area contributed by atoms with Crippen LogP contribution < -0.4 is 5.32 Å². The Kier molecular flexibility index (Phi) is 8.94. The zero-order valence-electron chi connectivity index (χ0n) is 19.9. The molecule has 0 fully saturated rings. The third-order valence-corrected chi connectivity index (χ3v) is 7.15. The van der Waals surface area contributed by atoms with Crippen LogP contribution in [0.4, 0.5) is 0 Å². The first kappa shape index (κ1) is 26.3. The number of benzene rings is 2. The predicted octanol–water partition coefficient (Wildman–Crippen LogP) is 3.43. The second-order valence-electron chi connectivity index (χ2n) is 7.97. The van der Waals surface area contributed by atoms with Gasteiger partial charge in [0.25, 0.3) is 5.89 Å². The number of hydrogen-bond acceptors (Lipinski definition) is 8. The van der Waals surface area contributed by atoms with Gasteiger partial charge < -0.3 is 20.3 Å². The van der Waals surface area contributed by atoms with E-state index in [0.717, 1.165) is 23.2 Å². The SMILES string of the molecule is CNCc1ccc(-c2nnc(-c3nc(-c4ccc(S(=O)C(C)CCO)cc4)cnc3C)o2)cc1.O.[HH].[HH]. The van der Waals surface area contributed by atoms with Crippen LogP contribution in [0.3, 0.4) is 0 Å². The quantitative estimate of drug-likeness (QED) is 0.356. The standard InChI is InChI=1S/C25H27N5O3S.H2O.2H2/c1-16(12-13-31)34(32)21-10-8-19(9-11-21)22-15-27-17(2)23(28-22)25-30-29-24(33-25)20-6-4-18(5-7-20)14-26-3;;;/h4-11,15-16,26,31H,12-14H2,1-3H3;1H2;2*1H. The fourth-order valence-corrected chi connectivity index (χ4v) is 4.67. The van der Waals surface area contributed by atoms with Crippen LogP contribution in [0, 0.1) is 6.92 Å². The molecule has 0 aliphatic heterocycles. The number of aliphatic hydroxyl groups is 1. The molecule has 0 saturated heterocycles. The van der Waals surface area contributed by atoms with Gasteiger partial charge in [-0.15, -0.1) is 10.2 Å². The molecule has 10 heteroatoms. The molecule has 0 amide bonds. The maximum absolute atomic E-state index is 12.6. The van der Waals surface area contributed by atoms with Crippen molar-refractivity contribution < 1.29 is 22.1 Å². The van der Waals surface area contributed by atoms with Crippen LogP contribution in [0.15, 0.2) is 64.0 Å². The van der Waals surface area contributed by atoms with Crippen molar-refractivity contribution in [3.8, 4) is 34.3 Å². The highest BCUT2D eigenvalue weighted by molar-refractivity contribution is 7.85. The summed E-state index contributed by atoms with van der Waals surface area (Å²) in [6.45, 7) is 4.52. The van der Waals surface area contributed by atoms with E-state index in [9.17, 15) is 4.21 Å². The predicted molar refractivity (Wildman–Crippen MR) is 139 cm³/mol. The Labute approximate surface area is 209 Å². The molecule has 35 heavy (non-hydrogen) atoms. The van der Waals surface area contributed by atoms with Gasteiger partial charge in [-0.25, -0.2) is 4.98 Å². The van der Waals surface area contributed by atoms with Crippen molar-refractivity contribution in [2.45, 2.75) is 37.0 Å². The normalized spacial score (nSPS) is 12.7. The zero-order valence-corrected chi connectivity index (χ0v) is 20.7. The van der Waals surface area contributed by atoms with E-state index in [4.69, 9.17) is 14.5 Å². The van der Waals surface area contributed by atoms with Crippen LogP contribution in [-0.2, 0) is 17.3 Å². The van der Waals surface area contributed by atoms with Crippen molar-refractivity contribution in [2.24, 2.45) is 0 Å². The molecule has 4 rings (SSSR count). The molecule has 0 bridgehead atoms. The first-order valence-corrected chi connectivity index (χ1v) is 12.2. The smallest absolute Gasteiger partial charge is 0.268 e. The van der Waals surface area contributed by atoms with E-state index in [0.29, 0.717) is 40.2 Å². The minimum atomic E-state index is -1.18. The minimum Gasteiger partial charge on any atom is -0.415 e. The second-order valence-corrected chi connectivity index (χ2v) is 9.84. The summed E-state index contributed by atoms with van der Waals surface area (Å²) in [6.07, 6.45) is 2.18. The molecular formula is C25H33N5O4S. The first-order chi connectivity index (χ1) is 16.5. The van der Waals surface area contributed by atoms with E-state index in [1.54, 1.807) is 6.20 Å². The molecule has 2 unspecified atom stereocenters. The Balaban J connectivity index is 0.00000228. The van der Waals surface area contributed by atoms with Gasteiger partial charge in [0, 0.05) is 37.3 Å². The van der Waals surface area contributed by atoms with Gasteiger partial charge in [-0.1, -0.05) is 31.2 Å². The lowest BCUT2D eigenvalue weighted by Crippen LogP contribution is -2.12. The fraction of sp³-hybridized carbons (Fsp3) is 0.280. The summed E-state index contributed by atoms with van der Waals surface area (Å²) < 4.78 is 18.5. The molecule has 9 nitrogen and oxygen atoms in total. The van der Waals surface area contributed by atoms with Crippen LogP contribution in [0.1, 0.15) is 27.5 Å². The Morgan fingerprint density at radius 1 is 1.06 bits per heavy atom. The summed E-state index contributed by atoms with van der Waals surface area (Å²) in [5.41, 5.74) is 4.69. The van der Waals surface area contributed by atoms with Crippen LogP contribution in [0.5, 0.6) is 0 Å². The highest BCUT2D eigenvalue weighted by atomic mass is 32.2. The first-order valence-electron chi connectivity index (χ1n) is 11.0. The van der Waals surface area contributed by atoms with Gasteiger partial charge in [0.1, 0.15) is 5.69 Å². The minimum absolute atomic E-state index is 0. The summed E-state index contributed by atoms with van der Waals surface area (Å²) in [5.74, 6) is 0.721. The third-order valence-electron chi connectivity index (χ3n) is 5.45. The topological polar surface area (TPSA) is 146 Å². The van der Waals surface area contributed by atoms with Crippen LogP contribution in [-0.4, -0.2) is 53.9 Å². The summed E-state index contributed by atoms with van der Waals surface area (Å²) >= 11 is 0. The average Bonchev–Trinajstić information content (AvgIpc) is 3.35. The molecule has 0 aliphatic rings. The monoisotopic (exact) mass is 499 g/mol. The van der Waals surface area contributed by atoms with Gasteiger partial charge in [-0.3, -0.25) is 9.19 Å². The van der Waals surface area contributed by atoms with Crippen molar-refractivity contribution in [2.75, 3.05) is 13.7 Å². The lowest BCUT2D eigenvalue weighted by molar-refractivity contribution is 0.288. The number of aryl methyl sites for hydroxylation is 1.